The van der Waals surface area contributed by atoms with Crippen LogP contribution in [-0.4, -0.2) is 31.8 Å². The van der Waals surface area contributed by atoms with Crippen LogP contribution in [0.1, 0.15) is 42.4 Å². The van der Waals surface area contributed by atoms with Crippen LogP contribution < -0.4 is 0 Å². The van der Waals surface area contributed by atoms with Crippen molar-refractivity contribution in [2.45, 2.75) is 39.7 Å². The van der Waals surface area contributed by atoms with Crippen LogP contribution in [0, 0.1) is 6.92 Å². The maximum atomic E-state index is 11.7. The van der Waals surface area contributed by atoms with Crippen molar-refractivity contribution in [2.75, 3.05) is 0 Å². The van der Waals surface area contributed by atoms with E-state index in [1.165, 1.54) is 19.9 Å². The van der Waals surface area contributed by atoms with E-state index in [1.54, 1.807) is 17.6 Å². The van der Waals surface area contributed by atoms with Crippen LogP contribution in [0.3, 0.4) is 0 Å². The predicted octanol–water partition coefficient (Wildman–Crippen LogP) is 2.74. The van der Waals surface area contributed by atoms with Gasteiger partial charge in [0.1, 0.15) is 5.75 Å². The Balaban J connectivity index is 3.08. The van der Waals surface area contributed by atoms with Crippen LogP contribution >= 0.6 is 0 Å². The minimum Gasteiger partial charge on any atom is -0.508 e. The first-order valence-corrected chi connectivity index (χ1v) is 6.96. The second kappa shape index (κ2) is 5.05. The molecular formula is C16H19NO5. The van der Waals surface area contributed by atoms with Gasteiger partial charge in [0.25, 0.3) is 0 Å². The number of carbonyl (C=O) groups is 2. The highest BCUT2D eigenvalue weighted by Gasteiger charge is 2.37. The second-order valence-corrected chi connectivity index (χ2v) is 5.79. The molecule has 22 heavy (non-hydrogen) atoms. The third-order valence-electron chi connectivity index (χ3n) is 4.16. The van der Waals surface area contributed by atoms with Crippen molar-refractivity contribution < 1.29 is 24.9 Å². The number of aromatic hydroxyl groups is 1. The molecule has 1 aromatic carbocycles. The van der Waals surface area contributed by atoms with Crippen LogP contribution in [0.15, 0.2) is 12.1 Å². The fourth-order valence-electron chi connectivity index (χ4n) is 2.96. The Kier molecular flexibility index (Phi) is 3.64. The summed E-state index contributed by atoms with van der Waals surface area (Å²) in [4.78, 5) is 23.3. The summed E-state index contributed by atoms with van der Waals surface area (Å²) in [5.41, 5.74) is -0.0972. The molecule has 118 valence electrons. The highest BCUT2D eigenvalue weighted by Crippen LogP contribution is 2.41. The summed E-state index contributed by atoms with van der Waals surface area (Å²) < 4.78 is 1.81. The van der Waals surface area contributed by atoms with E-state index in [4.69, 9.17) is 0 Å². The zero-order valence-corrected chi connectivity index (χ0v) is 13.0. The van der Waals surface area contributed by atoms with Gasteiger partial charge in [-0.2, -0.15) is 0 Å². The summed E-state index contributed by atoms with van der Waals surface area (Å²) in [6, 6.07) is 3.04. The van der Waals surface area contributed by atoms with Gasteiger partial charge in [0, 0.05) is 28.7 Å². The van der Waals surface area contributed by atoms with Crippen LogP contribution in [0.2, 0.25) is 0 Å². The van der Waals surface area contributed by atoms with Gasteiger partial charge in [-0.1, -0.05) is 0 Å². The third-order valence-corrected chi connectivity index (χ3v) is 4.16. The largest absolute Gasteiger partial charge is 0.508 e. The molecule has 0 unspecified atom stereocenters. The first-order chi connectivity index (χ1) is 10.1. The summed E-state index contributed by atoms with van der Waals surface area (Å²) in [5, 5.41) is 29.5. The van der Waals surface area contributed by atoms with E-state index in [-0.39, 0.29) is 16.9 Å². The van der Waals surface area contributed by atoms with E-state index in [2.05, 4.69) is 0 Å². The summed E-state index contributed by atoms with van der Waals surface area (Å²) in [5.74, 6) is -2.48. The lowest BCUT2D eigenvalue weighted by molar-refractivity contribution is -0.142. The Morgan fingerprint density at radius 1 is 1.23 bits per heavy atom. The average molecular weight is 305 g/mol. The standard InChI is InChI=1S/C16H19NO5/c1-5-17-8(2)11(14(19)20)12-9(17)6-7-10(18)13(12)16(3,4)15(21)22/h6-7,18H,5H2,1-4H3,(H,19,20)(H,21,22). The molecular weight excluding hydrogens is 286 g/mol. The number of carboxylic acid groups (broad SMARTS) is 2. The van der Waals surface area contributed by atoms with Crippen molar-refractivity contribution in [1.82, 2.24) is 4.57 Å². The van der Waals surface area contributed by atoms with Gasteiger partial charge in [-0.3, -0.25) is 4.79 Å². The van der Waals surface area contributed by atoms with E-state index < -0.39 is 17.4 Å². The third kappa shape index (κ3) is 2.03. The van der Waals surface area contributed by atoms with Crippen LogP contribution in [-0.2, 0) is 16.8 Å². The summed E-state index contributed by atoms with van der Waals surface area (Å²) in [6.45, 7) is 7.02. The zero-order valence-electron chi connectivity index (χ0n) is 13.0. The Morgan fingerprint density at radius 3 is 2.27 bits per heavy atom. The van der Waals surface area contributed by atoms with Gasteiger partial charge in [-0.15, -0.1) is 0 Å². The minimum atomic E-state index is -1.42. The molecule has 0 aliphatic heterocycles. The second-order valence-electron chi connectivity index (χ2n) is 5.79. The van der Waals surface area contributed by atoms with Gasteiger partial charge in [0.15, 0.2) is 0 Å². The molecule has 0 spiro atoms. The molecule has 0 fully saturated rings. The molecule has 0 saturated carbocycles. The fraction of sp³-hybridized carbons (Fsp3) is 0.375. The number of fused-ring (bicyclic) bond motifs is 1. The number of phenolic OH excluding ortho intramolecular Hbond substituents is 1. The van der Waals surface area contributed by atoms with Gasteiger partial charge < -0.3 is 19.9 Å². The van der Waals surface area contributed by atoms with Crippen molar-refractivity contribution in [2.24, 2.45) is 0 Å². The maximum absolute atomic E-state index is 11.7. The summed E-state index contributed by atoms with van der Waals surface area (Å²) in [6.07, 6.45) is 0. The van der Waals surface area contributed by atoms with Gasteiger partial charge in [-0.25, -0.2) is 4.79 Å². The number of aryl methyl sites for hydroxylation is 1. The molecule has 0 saturated heterocycles. The average Bonchev–Trinajstić information content (AvgIpc) is 2.69. The monoisotopic (exact) mass is 305 g/mol. The van der Waals surface area contributed by atoms with Gasteiger partial charge in [0.2, 0.25) is 0 Å². The number of hydrogen-bond donors (Lipinski definition) is 3. The minimum absolute atomic E-state index is 0.0390. The van der Waals surface area contributed by atoms with Crippen molar-refractivity contribution in [3.8, 4) is 5.75 Å². The molecule has 3 N–H and O–H groups in total. The molecule has 2 aromatic rings. The Bertz CT molecular complexity index is 786. The van der Waals surface area contributed by atoms with E-state index in [0.29, 0.717) is 23.1 Å². The van der Waals surface area contributed by atoms with E-state index in [9.17, 15) is 24.9 Å². The summed E-state index contributed by atoms with van der Waals surface area (Å²) in [7, 11) is 0. The van der Waals surface area contributed by atoms with Crippen molar-refractivity contribution in [3.63, 3.8) is 0 Å². The predicted molar refractivity (Wildman–Crippen MR) is 81.6 cm³/mol. The normalized spacial score (nSPS) is 11.8. The number of nitrogens with zero attached hydrogens (tertiary/aromatic N) is 1. The van der Waals surface area contributed by atoms with Gasteiger partial charge >= 0.3 is 11.9 Å². The number of aromatic nitrogens is 1. The van der Waals surface area contributed by atoms with E-state index >= 15 is 0 Å². The maximum Gasteiger partial charge on any atom is 0.338 e. The van der Waals surface area contributed by atoms with Crippen LogP contribution in [0.4, 0.5) is 0 Å². The highest BCUT2D eigenvalue weighted by atomic mass is 16.4. The van der Waals surface area contributed by atoms with Crippen LogP contribution in [0.5, 0.6) is 5.75 Å². The van der Waals surface area contributed by atoms with Gasteiger partial charge in [-0.05, 0) is 39.8 Å². The number of carboxylic acids is 2. The van der Waals surface area contributed by atoms with Gasteiger partial charge in [0.05, 0.1) is 11.0 Å². The lowest BCUT2D eigenvalue weighted by atomic mass is 9.81. The first kappa shape index (κ1) is 15.9. The molecule has 6 heteroatoms. The molecule has 0 aliphatic rings. The number of hydrogen-bond acceptors (Lipinski definition) is 3. The molecule has 0 bridgehead atoms. The Hall–Kier alpha value is -2.50. The number of benzene rings is 1. The highest BCUT2D eigenvalue weighted by molar-refractivity contribution is 6.09. The fourth-order valence-corrected chi connectivity index (χ4v) is 2.96. The molecule has 6 nitrogen and oxygen atoms in total. The Morgan fingerprint density at radius 2 is 1.82 bits per heavy atom. The summed E-state index contributed by atoms with van der Waals surface area (Å²) >= 11 is 0. The first-order valence-electron chi connectivity index (χ1n) is 6.96. The van der Waals surface area contributed by atoms with E-state index in [0.717, 1.165) is 0 Å². The lowest BCUT2D eigenvalue weighted by Gasteiger charge is -2.22. The van der Waals surface area contributed by atoms with Crippen molar-refractivity contribution >= 4 is 22.8 Å². The molecule has 1 aromatic heterocycles. The quantitative estimate of drug-likeness (QED) is 0.806. The smallest absolute Gasteiger partial charge is 0.338 e. The topological polar surface area (TPSA) is 99.8 Å². The molecule has 0 atom stereocenters. The number of phenols is 1. The zero-order chi connectivity index (χ0) is 16.8. The lowest BCUT2D eigenvalue weighted by Crippen LogP contribution is -2.29. The number of aromatic carboxylic acids is 1. The molecule has 1 heterocycles. The SMILES string of the molecule is CCn1c(C)c(C(=O)O)c2c(C(C)(C)C(=O)O)c(O)ccc21. The van der Waals surface area contributed by atoms with Crippen LogP contribution in [0.25, 0.3) is 10.9 Å². The Labute approximate surface area is 127 Å². The van der Waals surface area contributed by atoms with Crippen molar-refractivity contribution in [1.29, 1.82) is 0 Å². The molecule has 2 rings (SSSR count). The number of rotatable bonds is 4. The number of aliphatic carboxylic acids is 1. The molecule has 0 aliphatic carbocycles. The molecule has 0 radical (unpaired) electrons. The van der Waals surface area contributed by atoms with E-state index in [1.807, 2.05) is 6.92 Å². The van der Waals surface area contributed by atoms with Crippen molar-refractivity contribution in [3.05, 3.63) is 29.0 Å². The molecule has 0 amide bonds.